The highest BCUT2D eigenvalue weighted by Gasteiger charge is 2.16. The molecule has 8 heteroatoms. The fourth-order valence-electron chi connectivity index (χ4n) is 3.59. The highest BCUT2D eigenvalue weighted by molar-refractivity contribution is 7.17. The van der Waals surface area contributed by atoms with Crippen LogP contribution in [0.2, 0.25) is 0 Å². The van der Waals surface area contributed by atoms with Gasteiger partial charge in [0.05, 0.1) is 25.9 Å². The lowest BCUT2D eigenvalue weighted by molar-refractivity contribution is -0.116. The van der Waals surface area contributed by atoms with E-state index in [1.807, 2.05) is 48.7 Å². The maximum absolute atomic E-state index is 13.3. The normalized spacial score (nSPS) is 10.8. The Hall–Kier alpha value is -3.65. The van der Waals surface area contributed by atoms with E-state index in [9.17, 15) is 9.59 Å². The number of hydrogen-bond acceptors (Lipinski definition) is 6. The molecule has 1 amide bonds. The molecule has 2 aromatic heterocycles. The predicted octanol–water partition coefficient (Wildman–Crippen LogP) is 4.34. The summed E-state index contributed by atoms with van der Waals surface area (Å²) >= 11 is 1.38. The van der Waals surface area contributed by atoms with Crippen LogP contribution in [0.3, 0.4) is 0 Å². The van der Waals surface area contributed by atoms with Crippen molar-refractivity contribution in [3.63, 3.8) is 0 Å². The highest BCUT2D eigenvalue weighted by Crippen LogP contribution is 2.36. The zero-order valence-corrected chi connectivity index (χ0v) is 18.9. The Labute approximate surface area is 189 Å². The second-order valence-corrected chi connectivity index (χ2v) is 7.99. The molecule has 7 nitrogen and oxygen atoms in total. The van der Waals surface area contributed by atoms with Gasteiger partial charge in [-0.1, -0.05) is 31.2 Å². The lowest BCUT2D eigenvalue weighted by Crippen LogP contribution is -2.28. The van der Waals surface area contributed by atoms with Gasteiger partial charge in [-0.2, -0.15) is 0 Å². The second kappa shape index (κ2) is 9.23. The molecule has 4 rings (SSSR count). The lowest BCUT2D eigenvalue weighted by Gasteiger charge is -2.11. The van der Waals surface area contributed by atoms with E-state index < -0.39 is 0 Å². The van der Waals surface area contributed by atoms with E-state index in [2.05, 4.69) is 10.3 Å². The second-order valence-electron chi connectivity index (χ2n) is 7.14. The Bertz CT molecular complexity index is 1340. The highest BCUT2D eigenvalue weighted by atomic mass is 32.1. The summed E-state index contributed by atoms with van der Waals surface area (Å²) in [6.45, 7) is 1.90. The van der Waals surface area contributed by atoms with E-state index in [1.54, 1.807) is 20.3 Å². The molecule has 0 aliphatic carbocycles. The third kappa shape index (κ3) is 4.09. The van der Waals surface area contributed by atoms with Crippen molar-refractivity contribution < 1.29 is 14.3 Å². The van der Waals surface area contributed by atoms with Crippen LogP contribution in [-0.4, -0.2) is 29.7 Å². The number of nitrogens with zero attached hydrogens (tertiary/aromatic N) is 2. The van der Waals surface area contributed by atoms with Gasteiger partial charge in [0, 0.05) is 16.6 Å². The first-order valence-corrected chi connectivity index (χ1v) is 11.0. The first-order valence-electron chi connectivity index (χ1n) is 10.1. The predicted molar refractivity (Wildman–Crippen MR) is 127 cm³/mol. The molecular formula is C24H23N3O4S. The van der Waals surface area contributed by atoms with Gasteiger partial charge in [-0.25, -0.2) is 4.98 Å². The maximum atomic E-state index is 13.3. The van der Waals surface area contributed by atoms with Gasteiger partial charge in [0.25, 0.3) is 5.56 Å². The van der Waals surface area contributed by atoms with Crippen LogP contribution < -0.4 is 20.3 Å². The zero-order chi connectivity index (χ0) is 22.7. The molecule has 0 spiro atoms. The molecule has 164 valence electrons. The number of rotatable bonds is 7. The van der Waals surface area contributed by atoms with Crippen molar-refractivity contribution in [2.75, 3.05) is 19.5 Å². The van der Waals surface area contributed by atoms with Crippen LogP contribution in [-0.2, 0) is 17.8 Å². The molecular weight excluding hydrogens is 426 g/mol. The van der Waals surface area contributed by atoms with Crippen molar-refractivity contribution in [3.05, 3.63) is 70.1 Å². The van der Waals surface area contributed by atoms with E-state index in [-0.39, 0.29) is 18.0 Å². The fourth-order valence-corrected chi connectivity index (χ4v) is 4.50. The van der Waals surface area contributed by atoms with Gasteiger partial charge in [-0.3, -0.25) is 14.2 Å². The molecule has 0 atom stereocenters. The summed E-state index contributed by atoms with van der Waals surface area (Å²) in [5.74, 6) is 0.898. The molecule has 0 saturated heterocycles. The number of methoxy groups -OCH3 is 2. The molecule has 0 saturated carbocycles. The molecule has 0 radical (unpaired) electrons. The number of nitrogens with one attached hydrogen (secondary N) is 1. The number of para-hydroxylation sites is 1. The number of carbonyl (C=O) groups is 1. The Morgan fingerprint density at radius 3 is 2.66 bits per heavy atom. The van der Waals surface area contributed by atoms with Crippen LogP contribution >= 0.6 is 11.3 Å². The quantitative estimate of drug-likeness (QED) is 0.454. The number of fused-ring (bicyclic) bond motifs is 1. The van der Waals surface area contributed by atoms with Crippen molar-refractivity contribution in [2.24, 2.45) is 0 Å². The molecule has 0 bridgehead atoms. The fraction of sp³-hybridized carbons (Fsp3) is 0.208. The van der Waals surface area contributed by atoms with Gasteiger partial charge >= 0.3 is 0 Å². The topological polar surface area (TPSA) is 82.5 Å². The smallest absolute Gasteiger partial charge is 0.263 e. The number of aromatic nitrogens is 2. The molecule has 2 heterocycles. The van der Waals surface area contributed by atoms with Gasteiger partial charge < -0.3 is 14.8 Å². The Morgan fingerprint density at radius 2 is 1.91 bits per heavy atom. The lowest BCUT2D eigenvalue weighted by atomic mass is 10.1. The van der Waals surface area contributed by atoms with E-state index in [4.69, 9.17) is 9.47 Å². The van der Waals surface area contributed by atoms with Crippen LogP contribution in [0, 0.1) is 0 Å². The summed E-state index contributed by atoms with van der Waals surface area (Å²) in [5.41, 5.74) is 3.08. The third-order valence-electron chi connectivity index (χ3n) is 5.24. The minimum atomic E-state index is -0.281. The number of anilines is 1. The van der Waals surface area contributed by atoms with Crippen LogP contribution in [0.25, 0.3) is 21.3 Å². The number of ether oxygens (including phenoxy) is 2. The average Bonchev–Trinajstić information content (AvgIpc) is 3.25. The summed E-state index contributed by atoms with van der Waals surface area (Å²) in [6.07, 6.45) is 2.22. The third-order valence-corrected chi connectivity index (χ3v) is 6.13. The summed E-state index contributed by atoms with van der Waals surface area (Å²) in [7, 11) is 3.14. The minimum Gasteiger partial charge on any atom is -0.493 e. The molecule has 32 heavy (non-hydrogen) atoms. The summed E-state index contributed by atoms with van der Waals surface area (Å²) < 4.78 is 12.0. The molecule has 4 aromatic rings. The number of carbonyl (C=O) groups excluding carboxylic acids is 1. The molecule has 2 aromatic carbocycles. The number of thiophene rings is 1. The zero-order valence-electron chi connectivity index (χ0n) is 18.0. The Kier molecular flexibility index (Phi) is 6.23. The molecule has 0 fully saturated rings. The number of amides is 1. The molecule has 0 aliphatic heterocycles. The average molecular weight is 450 g/mol. The summed E-state index contributed by atoms with van der Waals surface area (Å²) in [4.78, 5) is 30.9. The largest absolute Gasteiger partial charge is 0.493 e. The first-order chi connectivity index (χ1) is 15.5. The van der Waals surface area contributed by atoms with Gasteiger partial charge in [0.15, 0.2) is 11.5 Å². The first kappa shape index (κ1) is 21.6. The standard InChI is InChI=1S/C24H23N3O4S/c1-4-15-7-5-6-8-18(15)26-21(28)12-27-14-25-23-22(24(27)29)17(13-32-23)16-9-10-19(30-2)20(11-16)31-3/h5-11,13-14H,4,12H2,1-3H3,(H,26,28). The van der Waals surface area contributed by atoms with E-state index in [1.165, 1.54) is 22.2 Å². The van der Waals surface area contributed by atoms with E-state index >= 15 is 0 Å². The number of benzene rings is 2. The van der Waals surface area contributed by atoms with Gasteiger partial charge in [-0.05, 0) is 35.7 Å². The Balaban J connectivity index is 1.67. The maximum Gasteiger partial charge on any atom is 0.263 e. The molecule has 0 aliphatic rings. The summed E-state index contributed by atoms with van der Waals surface area (Å²) in [5, 5.41) is 5.27. The summed E-state index contributed by atoms with van der Waals surface area (Å²) in [6, 6.07) is 13.1. The van der Waals surface area contributed by atoms with Crippen molar-refractivity contribution >= 4 is 33.1 Å². The van der Waals surface area contributed by atoms with Crippen molar-refractivity contribution in [2.45, 2.75) is 19.9 Å². The van der Waals surface area contributed by atoms with Crippen LogP contribution in [0.5, 0.6) is 11.5 Å². The minimum absolute atomic E-state index is 0.124. The van der Waals surface area contributed by atoms with Gasteiger partial charge in [0.2, 0.25) is 5.91 Å². The number of aryl methyl sites for hydroxylation is 1. The SMILES string of the molecule is CCc1ccccc1NC(=O)Cn1cnc2scc(-c3ccc(OC)c(OC)c3)c2c1=O. The molecule has 1 N–H and O–H groups in total. The van der Waals surface area contributed by atoms with Gasteiger partial charge in [-0.15, -0.1) is 11.3 Å². The van der Waals surface area contributed by atoms with Crippen LogP contribution in [0.1, 0.15) is 12.5 Å². The van der Waals surface area contributed by atoms with E-state index in [0.29, 0.717) is 21.7 Å². The van der Waals surface area contributed by atoms with Crippen molar-refractivity contribution in [1.82, 2.24) is 9.55 Å². The van der Waals surface area contributed by atoms with Crippen LogP contribution in [0.15, 0.2) is 59.0 Å². The van der Waals surface area contributed by atoms with Crippen molar-refractivity contribution in [1.29, 1.82) is 0 Å². The van der Waals surface area contributed by atoms with Crippen LogP contribution in [0.4, 0.5) is 5.69 Å². The van der Waals surface area contributed by atoms with E-state index in [0.717, 1.165) is 28.8 Å². The monoisotopic (exact) mass is 449 g/mol. The molecule has 0 unspecified atom stereocenters. The van der Waals surface area contributed by atoms with Crippen molar-refractivity contribution in [3.8, 4) is 22.6 Å². The number of hydrogen-bond donors (Lipinski definition) is 1. The van der Waals surface area contributed by atoms with Gasteiger partial charge in [0.1, 0.15) is 11.4 Å². The Morgan fingerprint density at radius 1 is 1.12 bits per heavy atom.